The van der Waals surface area contributed by atoms with Gasteiger partial charge in [-0.25, -0.2) is 9.18 Å². The van der Waals surface area contributed by atoms with Crippen molar-refractivity contribution in [2.45, 2.75) is 39.3 Å². The van der Waals surface area contributed by atoms with Crippen molar-refractivity contribution in [3.63, 3.8) is 0 Å². The highest BCUT2D eigenvalue weighted by Crippen LogP contribution is 2.23. The lowest BCUT2D eigenvalue weighted by Crippen LogP contribution is -2.47. The van der Waals surface area contributed by atoms with E-state index in [1.165, 1.54) is 18.2 Å². The van der Waals surface area contributed by atoms with Gasteiger partial charge < -0.3 is 16.0 Å². The third-order valence-electron chi connectivity index (χ3n) is 2.70. The number of carbonyl (C=O) groups excluding carboxylic acids is 2. The Labute approximate surface area is 134 Å². The molecule has 0 fully saturated rings. The second-order valence-corrected chi connectivity index (χ2v) is 6.42. The largest absolute Gasteiger partial charge is 0.350 e. The van der Waals surface area contributed by atoms with Crippen LogP contribution >= 0.6 is 11.6 Å². The van der Waals surface area contributed by atoms with Crippen LogP contribution in [0.5, 0.6) is 0 Å². The van der Waals surface area contributed by atoms with Crippen LogP contribution < -0.4 is 16.0 Å². The van der Waals surface area contributed by atoms with E-state index < -0.39 is 17.9 Å². The lowest BCUT2D eigenvalue weighted by molar-refractivity contribution is -0.121. The molecular formula is C15H21ClFN3O2. The van der Waals surface area contributed by atoms with Gasteiger partial charge in [-0.3, -0.25) is 4.79 Å². The van der Waals surface area contributed by atoms with Crippen LogP contribution in [-0.2, 0) is 4.79 Å². The van der Waals surface area contributed by atoms with Crippen LogP contribution in [0, 0.1) is 5.82 Å². The molecule has 0 aliphatic heterocycles. The maximum absolute atomic E-state index is 13.0. The van der Waals surface area contributed by atoms with Gasteiger partial charge in [0.05, 0.1) is 12.6 Å². The monoisotopic (exact) mass is 329 g/mol. The highest BCUT2D eigenvalue weighted by molar-refractivity contribution is 6.31. The summed E-state index contributed by atoms with van der Waals surface area (Å²) in [6, 6.07) is 3.04. The number of halogens is 2. The molecule has 0 radical (unpaired) electrons. The molecule has 1 aromatic carbocycles. The molecule has 1 aromatic rings. The zero-order chi connectivity index (χ0) is 16.9. The highest BCUT2D eigenvalue weighted by atomic mass is 35.5. The van der Waals surface area contributed by atoms with Crippen LogP contribution in [-0.4, -0.2) is 24.0 Å². The molecule has 0 saturated carbocycles. The highest BCUT2D eigenvalue weighted by Gasteiger charge is 2.16. The van der Waals surface area contributed by atoms with Gasteiger partial charge in [0.1, 0.15) is 5.82 Å². The van der Waals surface area contributed by atoms with E-state index in [1.54, 1.807) is 6.92 Å². The van der Waals surface area contributed by atoms with E-state index in [0.29, 0.717) is 5.56 Å². The normalized spacial score (nSPS) is 12.5. The number of carbonyl (C=O) groups is 2. The smallest absolute Gasteiger partial charge is 0.315 e. The molecule has 0 aliphatic carbocycles. The summed E-state index contributed by atoms with van der Waals surface area (Å²) in [4.78, 5) is 23.3. The summed E-state index contributed by atoms with van der Waals surface area (Å²) in [5.74, 6) is -0.723. The van der Waals surface area contributed by atoms with Gasteiger partial charge in [0.2, 0.25) is 5.91 Å². The standard InChI is InChI=1S/C15H21ClFN3O2/c1-9(11-6-5-10(17)7-12(11)16)19-14(22)18-8-13(21)20-15(2,3)4/h5-7,9H,8H2,1-4H3,(H,20,21)(H2,18,19,22)/t9-/m1/s1. The van der Waals surface area contributed by atoms with E-state index in [9.17, 15) is 14.0 Å². The van der Waals surface area contributed by atoms with E-state index in [-0.39, 0.29) is 23.0 Å². The minimum Gasteiger partial charge on any atom is -0.350 e. The SMILES string of the molecule is C[C@@H](NC(=O)NCC(=O)NC(C)(C)C)c1ccc(F)cc1Cl. The first-order valence-electron chi connectivity index (χ1n) is 6.89. The molecule has 0 aromatic heterocycles. The van der Waals surface area contributed by atoms with E-state index in [2.05, 4.69) is 16.0 Å². The minimum atomic E-state index is -0.503. The third kappa shape index (κ3) is 6.30. The van der Waals surface area contributed by atoms with Gasteiger partial charge in [0, 0.05) is 10.6 Å². The second kappa shape index (κ2) is 7.45. The van der Waals surface area contributed by atoms with Crippen LogP contribution in [0.1, 0.15) is 39.3 Å². The Morgan fingerprint density at radius 1 is 1.32 bits per heavy atom. The summed E-state index contributed by atoms with van der Waals surface area (Å²) in [6.07, 6.45) is 0. The Bertz CT molecular complexity index is 558. The Morgan fingerprint density at radius 2 is 1.95 bits per heavy atom. The van der Waals surface area contributed by atoms with Crippen molar-refractivity contribution in [1.29, 1.82) is 0 Å². The van der Waals surface area contributed by atoms with Crippen LogP contribution in [0.3, 0.4) is 0 Å². The number of hydrogen-bond acceptors (Lipinski definition) is 2. The van der Waals surface area contributed by atoms with Gasteiger partial charge in [-0.15, -0.1) is 0 Å². The molecule has 1 rings (SSSR count). The summed E-state index contributed by atoms with van der Waals surface area (Å²) >= 11 is 5.93. The molecule has 22 heavy (non-hydrogen) atoms. The summed E-state index contributed by atoms with van der Waals surface area (Å²) < 4.78 is 13.0. The van der Waals surface area contributed by atoms with Gasteiger partial charge in [0.15, 0.2) is 0 Å². The first kappa shape index (κ1) is 18.2. The number of urea groups is 1. The van der Waals surface area contributed by atoms with Gasteiger partial charge >= 0.3 is 6.03 Å². The number of rotatable bonds is 4. The van der Waals surface area contributed by atoms with Gasteiger partial charge in [-0.1, -0.05) is 17.7 Å². The average Bonchev–Trinajstić information content (AvgIpc) is 2.34. The molecule has 0 bridgehead atoms. The number of amides is 3. The molecule has 1 atom stereocenters. The summed E-state index contributed by atoms with van der Waals surface area (Å²) in [6.45, 7) is 7.14. The molecule has 0 heterocycles. The number of hydrogen-bond donors (Lipinski definition) is 3. The Hall–Kier alpha value is -1.82. The molecule has 5 nitrogen and oxygen atoms in total. The average molecular weight is 330 g/mol. The molecule has 0 spiro atoms. The van der Waals surface area contributed by atoms with Crippen molar-refractivity contribution in [3.8, 4) is 0 Å². The fourth-order valence-electron chi connectivity index (χ4n) is 1.80. The van der Waals surface area contributed by atoms with Crippen molar-refractivity contribution >= 4 is 23.5 Å². The number of benzene rings is 1. The van der Waals surface area contributed by atoms with Gasteiger partial charge in [0.25, 0.3) is 0 Å². The lowest BCUT2D eigenvalue weighted by Gasteiger charge is -2.21. The van der Waals surface area contributed by atoms with Crippen molar-refractivity contribution < 1.29 is 14.0 Å². The van der Waals surface area contributed by atoms with Crippen LogP contribution in [0.15, 0.2) is 18.2 Å². The minimum absolute atomic E-state index is 0.132. The molecular weight excluding hydrogens is 309 g/mol. The molecule has 0 aliphatic rings. The molecule has 0 unspecified atom stereocenters. The lowest BCUT2D eigenvalue weighted by atomic mass is 10.1. The second-order valence-electron chi connectivity index (χ2n) is 6.01. The summed E-state index contributed by atoms with van der Waals surface area (Å²) in [5.41, 5.74) is 0.238. The fraction of sp³-hybridized carbons (Fsp3) is 0.467. The molecule has 0 saturated heterocycles. The Balaban J connectivity index is 2.49. The van der Waals surface area contributed by atoms with Crippen LogP contribution in [0.2, 0.25) is 5.02 Å². The Morgan fingerprint density at radius 3 is 2.50 bits per heavy atom. The number of nitrogens with one attached hydrogen (secondary N) is 3. The van der Waals surface area contributed by atoms with Gasteiger partial charge in [-0.2, -0.15) is 0 Å². The predicted molar refractivity (Wildman–Crippen MR) is 84.3 cm³/mol. The first-order valence-corrected chi connectivity index (χ1v) is 7.26. The molecule has 7 heteroatoms. The maximum Gasteiger partial charge on any atom is 0.315 e. The summed E-state index contributed by atoms with van der Waals surface area (Å²) in [7, 11) is 0. The summed E-state index contributed by atoms with van der Waals surface area (Å²) in [5, 5.41) is 8.06. The Kier molecular flexibility index (Phi) is 6.17. The van der Waals surface area contributed by atoms with E-state index >= 15 is 0 Å². The van der Waals surface area contributed by atoms with Crippen molar-refractivity contribution in [1.82, 2.24) is 16.0 Å². The fourth-order valence-corrected chi connectivity index (χ4v) is 2.13. The van der Waals surface area contributed by atoms with Crippen molar-refractivity contribution in [2.75, 3.05) is 6.54 Å². The zero-order valence-corrected chi connectivity index (χ0v) is 13.8. The van der Waals surface area contributed by atoms with E-state index in [4.69, 9.17) is 11.6 Å². The zero-order valence-electron chi connectivity index (χ0n) is 13.1. The predicted octanol–water partition coefficient (Wildman–Crippen LogP) is 2.75. The quantitative estimate of drug-likeness (QED) is 0.795. The van der Waals surface area contributed by atoms with Crippen molar-refractivity contribution in [2.24, 2.45) is 0 Å². The molecule has 3 amide bonds. The van der Waals surface area contributed by atoms with Crippen molar-refractivity contribution in [3.05, 3.63) is 34.6 Å². The van der Waals surface area contributed by atoms with Gasteiger partial charge in [-0.05, 0) is 45.4 Å². The molecule has 3 N–H and O–H groups in total. The van der Waals surface area contributed by atoms with E-state index in [1.807, 2.05) is 20.8 Å². The van der Waals surface area contributed by atoms with Crippen LogP contribution in [0.4, 0.5) is 9.18 Å². The third-order valence-corrected chi connectivity index (χ3v) is 3.03. The maximum atomic E-state index is 13.0. The van der Waals surface area contributed by atoms with E-state index in [0.717, 1.165) is 0 Å². The first-order chi connectivity index (χ1) is 10.1. The van der Waals surface area contributed by atoms with Crippen LogP contribution in [0.25, 0.3) is 0 Å². The molecule has 122 valence electrons. The topological polar surface area (TPSA) is 70.2 Å².